The smallest absolute Gasteiger partial charge is 0.138 e. The van der Waals surface area contributed by atoms with Crippen molar-refractivity contribution in [2.24, 2.45) is 0 Å². The molecule has 5 nitrogen and oxygen atoms in total. The number of pyridine rings is 4. The van der Waals surface area contributed by atoms with Crippen LogP contribution in [0.15, 0.2) is 73.3 Å². The first kappa shape index (κ1) is 19.6. The average molecular weight is 422 g/mol. The zero-order valence-corrected chi connectivity index (χ0v) is 16.2. The largest absolute Gasteiger partial charge is 0.338 e. The van der Waals surface area contributed by atoms with Crippen molar-refractivity contribution in [3.8, 4) is 11.3 Å². The fraction of sp³-hybridized carbons (Fsp3) is 0. The van der Waals surface area contributed by atoms with Gasteiger partial charge < -0.3 is 5.32 Å². The number of nitrogens with one attached hydrogen (secondary N) is 1. The number of anilines is 2. The Labute approximate surface area is 176 Å². The SMILES string of the molecule is Cl.Fc1ccc(F)c(-c2cc(Nc3nccc4cnccc34)c3ncccc3n2)c1. The van der Waals surface area contributed by atoms with E-state index >= 15 is 0 Å². The molecule has 148 valence electrons. The molecule has 0 aliphatic carbocycles. The second-order valence-electron chi connectivity index (χ2n) is 6.43. The molecule has 0 radical (unpaired) electrons. The van der Waals surface area contributed by atoms with Gasteiger partial charge in [-0.25, -0.2) is 18.7 Å². The number of rotatable bonds is 3. The van der Waals surface area contributed by atoms with Gasteiger partial charge in [0.25, 0.3) is 0 Å². The molecule has 0 bridgehead atoms. The van der Waals surface area contributed by atoms with Gasteiger partial charge in [-0.1, -0.05) is 0 Å². The molecule has 0 spiro atoms. The Kier molecular flexibility index (Phi) is 5.20. The van der Waals surface area contributed by atoms with Crippen LogP contribution in [0.2, 0.25) is 0 Å². The van der Waals surface area contributed by atoms with E-state index in [4.69, 9.17) is 0 Å². The van der Waals surface area contributed by atoms with Gasteiger partial charge in [0.2, 0.25) is 0 Å². The van der Waals surface area contributed by atoms with Crippen LogP contribution in [0.3, 0.4) is 0 Å². The Morgan fingerprint density at radius 1 is 0.867 bits per heavy atom. The molecule has 4 aromatic heterocycles. The first-order chi connectivity index (χ1) is 14.2. The third-order valence-electron chi connectivity index (χ3n) is 4.59. The highest BCUT2D eigenvalue weighted by Crippen LogP contribution is 2.32. The number of nitrogens with zero attached hydrogens (tertiary/aromatic N) is 4. The highest BCUT2D eigenvalue weighted by molar-refractivity contribution is 5.97. The van der Waals surface area contributed by atoms with Gasteiger partial charge >= 0.3 is 0 Å². The molecule has 0 amide bonds. The van der Waals surface area contributed by atoms with Gasteiger partial charge in [-0.2, -0.15) is 0 Å². The van der Waals surface area contributed by atoms with Crippen molar-refractivity contribution in [1.82, 2.24) is 19.9 Å². The molecule has 0 fully saturated rings. The molecule has 0 unspecified atom stereocenters. The minimum Gasteiger partial charge on any atom is -0.338 e. The van der Waals surface area contributed by atoms with Crippen LogP contribution in [0.1, 0.15) is 0 Å². The Balaban J connectivity index is 0.00000218. The van der Waals surface area contributed by atoms with Crippen LogP contribution >= 0.6 is 12.4 Å². The number of hydrogen-bond donors (Lipinski definition) is 1. The summed E-state index contributed by atoms with van der Waals surface area (Å²) < 4.78 is 28.1. The van der Waals surface area contributed by atoms with Crippen LogP contribution < -0.4 is 5.32 Å². The van der Waals surface area contributed by atoms with E-state index in [2.05, 4.69) is 25.3 Å². The van der Waals surface area contributed by atoms with Gasteiger partial charge in [0.1, 0.15) is 23.0 Å². The van der Waals surface area contributed by atoms with Gasteiger partial charge in [0, 0.05) is 41.1 Å². The van der Waals surface area contributed by atoms with Crippen molar-refractivity contribution in [1.29, 1.82) is 0 Å². The molecule has 0 aliphatic rings. The predicted octanol–water partition coefficient (Wildman–Crippen LogP) is 5.68. The van der Waals surface area contributed by atoms with E-state index in [9.17, 15) is 8.78 Å². The molecule has 0 saturated heterocycles. The lowest BCUT2D eigenvalue weighted by atomic mass is 10.1. The summed E-state index contributed by atoms with van der Waals surface area (Å²) in [6.45, 7) is 0. The first-order valence-corrected chi connectivity index (χ1v) is 8.86. The van der Waals surface area contributed by atoms with Crippen LogP contribution in [0.4, 0.5) is 20.3 Å². The van der Waals surface area contributed by atoms with E-state index in [1.807, 2.05) is 12.1 Å². The highest BCUT2D eigenvalue weighted by Gasteiger charge is 2.14. The van der Waals surface area contributed by atoms with Gasteiger partial charge in [0.05, 0.1) is 16.9 Å². The van der Waals surface area contributed by atoms with Crippen molar-refractivity contribution in [2.75, 3.05) is 5.32 Å². The summed E-state index contributed by atoms with van der Waals surface area (Å²) >= 11 is 0. The zero-order chi connectivity index (χ0) is 19.8. The molecular formula is C22H14ClF2N5. The van der Waals surface area contributed by atoms with Crippen LogP contribution in [0.25, 0.3) is 33.1 Å². The molecule has 0 aliphatic heterocycles. The second kappa shape index (κ2) is 7.96. The first-order valence-electron chi connectivity index (χ1n) is 8.86. The molecule has 5 rings (SSSR count). The third-order valence-corrected chi connectivity index (χ3v) is 4.59. The fourth-order valence-corrected chi connectivity index (χ4v) is 3.23. The maximum absolute atomic E-state index is 14.4. The van der Waals surface area contributed by atoms with Gasteiger partial charge in [-0.15, -0.1) is 12.4 Å². The third kappa shape index (κ3) is 3.51. The monoisotopic (exact) mass is 421 g/mol. The summed E-state index contributed by atoms with van der Waals surface area (Å²) in [6.07, 6.45) is 6.76. The van der Waals surface area contributed by atoms with E-state index in [0.29, 0.717) is 28.2 Å². The number of hydrogen-bond acceptors (Lipinski definition) is 5. The maximum Gasteiger partial charge on any atom is 0.138 e. The molecule has 1 N–H and O–H groups in total. The predicted molar refractivity (Wildman–Crippen MR) is 115 cm³/mol. The van der Waals surface area contributed by atoms with Crippen molar-refractivity contribution in [3.63, 3.8) is 0 Å². The second-order valence-corrected chi connectivity index (χ2v) is 6.43. The Hall–Kier alpha value is -3.71. The fourth-order valence-electron chi connectivity index (χ4n) is 3.23. The summed E-state index contributed by atoms with van der Waals surface area (Å²) in [5, 5.41) is 5.08. The van der Waals surface area contributed by atoms with Crippen LogP contribution in [-0.2, 0) is 0 Å². The average Bonchev–Trinajstić information content (AvgIpc) is 2.75. The van der Waals surface area contributed by atoms with E-state index in [1.54, 1.807) is 43.0 Å². The number of aromatic nitrogens is 4. The van der Waals surface area contributed by atoms with Crippen LogP contribution in [0.5, 0.6) is 0 Å². The maximum atomic E-state index is 14.4. The quantitative estimate of drug-likeness (QED) is 0.406. The molecule has 30 heavy (non-hydrogen) atoms. The van der Waals surface area contributed by atoms with Crippen molar-refractivity contribution in [2.45, 2.75) is 0 Å². The van der Waals surface area contributed by atoms with E-state index < -0.39 is 11.6 Å². The molecule has 5 aromatic rings. The van der Waals surface area contributed by atoms with Crippen molar-refractivity contribution >= 4 is 45.7 Å². The summed E-state index contributed by atoms with van der Waals surface area (Å²) in [4.78, 5) is 17.4. The summed E-state index contributed by atoms with van der Waals surface area (Å²) in [7, 11) is 0. The van der Waals surface area contributed by atoms with Crippen LogP contribution in [-0.4, -0.2) is 19.9 Å². The van der Waals surface area contributed by atoms with Crippen molar-refractivity contribution in [3.05, 3.63) is 85.0 Å². The van der Waals surface area contributed by atoms with Gasteiger partial charge in [0.15, 0.2) is 0 Å². The minimum absolute atomic E-state index is 0. The summed E-state index contributed by atoms with van der Waals surface area (Å²) in [5.41, 5.74) is 2.12. The Bertz CT molecular complexity index is 1370. The summed E-state index contributed by atoms with van der Waals surface area (Å²) in [6, 6.07) is 12.2. The number of benzene rings is 1. The zero-order valence-electron chi connectivity index (χ0n) is 15.4. The number of halogens is 3. The van der Waals surface area contributed by atoms with Gasteiger partial charge in [-0.3, -0.25) is 9.97 Å². The lowest BCUT2D eigenvalue weighted by Gasteiger charge is -2.13. The standard InChI is InChI=1S/C22H13F2N5.ClH/c23-14-3-4-17(24)16(10-14)19-11-20(21-18(28-19)2-1-7-26-21)29-22-15-6-8-25-12-13(15)5-9-27-22;/h1-12H,(H,27,28,29);1H. The van der Waals surface area contributed by atoms with E-state index in [0.717, 1.165) is 29.0 Å². The van der Waals surface area contributed by atoms with Gasteiger partial charge in [-0.05, 0) is 48.5 Å². The molecule has 0 atom stereocenters. The minimum atomic E-state index is -0.553. The molecular weight excluding hydrogens is 408 g/mol. The molecule has 1 aromatic carbocycles. The molecule has 0 saturated carbocycles. The number of fused-ring (bicyclic) bond motifs is 2. The normalized spacial score (nSPS) is 10.7. The lowest BCUT2D eigenvalue weighted by Crippen LogP contribution is -1.99. The Morgan fingerprint density at radius 3 is 2.67 bits per heavy atom. The molecule has 4 heterocycles. The van der Waals surface area contributed by atoms with E-state index in [-0.39, 0.29) is 18.0 Å². The Morgan fingerprint density at radius 2 is 1.77 bits per heavy atom. The van der Waals surface area contributed by atoms with E-state index in [1.165, 1.54) is 0 Å². The lowest BCUT2D eigenvalue weighted by molar-refractivity contribution is 0.602. The van der Waals surface area contributed by atoms with Crippen LogP contribution in [0, 0.1) is 11.6 Å². The van der Waals surface area contributed by atoms with Crippen molar-refractivity contribution < 1.29 is 8.78 Å². The summed E-state index contributed by atoms with van der Waals surface area (Å²) in [5.74, 6) is -0.483. The highest BCUT2D eigenvalue weighted by atomic mass is 35.5. The molecule has 8 heteroatoms. The topological polar surface area (TPSA) is 63.6 Å².